The number of hydrogen-bond acceptors (Lipinski definition) is 2. The van der Waals surface area contributed by atoms with E-state index in [-0.39, 0.29) is 0 Å². The van der Waals surface area contributed by atoms with Crippen LogP contribution in [0.1, 0.15) is 53.4 Å². The molecule has 4 rings (SSSR count). The van der Waals surface area contributed by atoms with E-state index in [0.29, 0.717) is 17.8 Å². The molecule has 0 unspecified atom stereocenters. The predicted octanol–water partition coefficient (Wildman–Crippen LogP) is 3.79. The first-order chi connectivity index (χ1) is 10.7. The van der Waals surface area contributed by atoms with Gasteiger partial charge in [0.15, 0.2) is 0 Å². The Labute approximate surface area is 132 Å². The van der Waals surface area contributed by atoms with Crippen molar-refractivity contribution in [1.82, 2.24) is 5.32 Å². The summed E-state index contributed by atoms with van der Waals surface area (Å²) < 4.78 is 0. The Morgan fingerprint density at radius 1 is 0.955 bits per heavy atom. The Hall–Kier alpha value is -1.80. The second kappa shape index (κ2) is 5.44. The molecule has 0 amide bonds. The molecule has 0 radical (unpaired) electrons. The lowest BCUT2D eigenvalue weighted by Crippen LogP contribution is -2.24. The van der Waals surface area contributed by atoms with E-state index in [1.54, 1.807) is 11.1 Å². The van der Waals surface area contributed by atoms with Crippen molar-refractivity contribution in [2.75, 3.05) is 18.8 Å². The van der Waals surface area contributed by atoms with Crippen molar-refractivity contribution in [3.63, 3.8) is 0 Å². The lowest BCUT2D eigenvalue weighted by molar-refractivity contribution is 0.502. The molecule has 1 aliphatic carbocycles. The Balaban J connectivity index is 1.78. The largest absolute Gasteiger partial charge is 0.399 e. The maximum absolute atomic E-state index is 6.05. The highest BCUT2D eigenvalue weighted by molar-refractivity contribution is 5.50. The summed E-state index contributed by atoms with van der Waals surface area (Å²) in [7, 11) is 0. The molecule has 1 aliphatic heterocycles. The first-order valence-electron chi connectivity index (χ1n) is 8.42. The van der Waals surface area contributed by atoms with Crippen molar-refractivity contribution in [2.24, 2.45) is 0 Å². The van der Waals surface area contributed by atoms with Gasteiger partial charge in [-0.25, -0.2) is 0 Å². The number of nitrogens with two attached hydrogens (primary N) is 1. The van der Waals surface area contributed by atoms with Crippen molar-refractivity contribution in [2.45, 2.75) is 37.5 Å². The molecule has 1 heterocycles. The van der Waals surface area contributed by atoms with Crippen LogP contribution in [0.25, 0.3) is 0 Å². The third-order valence-corrected chi connectivity index (χ3v) is 5.52. The van der Waals surface area contributed by atoms with E-state index in [1.165, 1.54) is 24.0 Å². The van der Waals surface area contributed by atoms with E-state index in [2.05, 4.69) is 54.7 Å². The van der Waals surface area contributed by atoms with Gasteiger partial charge in [-0.05, 0) is 59.1 Å². The molecule has 0 spiro atoms. The molecule has 2 heteroatoms. The van der Waals surface area contributed by atoms with Crippen LogP contribution < -0.4 is 11.1 Å². The van der Waals surface area contributed by atoms with E-state index in [1.807, 2.05) is 0 Å². The lowest BCUT2D eigenvalue weighted by Gasteiger charge is -2.26. The Morgan fingerprint density at radius 3 is 2.73 bits per heavy atom. The van der Waals surface area contributed by atoms with E-state index in [0.717, 1.165) is 18.8 Å². The number of nitrogens with one attached hydrogen (secondary N) is 1. The minimum absolute atomic E-state index is 0.528. The van der Waals surface area contributed by atoms with Gasteiger partial charge >= 0.3 is 0 Å². The number of fused-ring (bicyclic) bond motifs is 2. The lowest BCUT2D eigenvalue weighted by atomic mass is 9.79. The molecule has 0 bridgehead atoms. The predicted molar refractivity (Wildman–Crippen MR) is 92.4 cm³/mol. The highest BCUT2D eigenvalue weighted by Gasteiger charge is 2.33. The zero-order valence-corrected chi connectivity index (χ0v) is 13.2. The van der Waals surface area contributed by atoms with Gasteiger partial charge in [-0.2, -0.15) is 0 Å². The molecule has 2 aliphatic rings. The van der Waals surface area contributed by atoms with Crippen molar-refractivity contribution in [1.29, 1.82) is 0 Å². The smallest absolute Gasteiger partial charge is 0.0317 e. The van der Waals surface area contributed by atoms with Crippen LogP contribution in [0.4, 0.5) is 5.69 Å². The van der Waals surface area contributed by atoms with Gasteiger partial charge in [0, 0.05) is 24.7 Å². The maximum Gasteiger partial charge on any atom is 0.0317 e. The summed E-state index contributed by atoms with van der Waals surface area (Å²) in [5, 5.41) is 3.68. The number of aryl methyl sites for hydroxylation is 1. The molecular weight excluding hydrogens is 268 g/mol. The zero-order valence-electron chi connectivity index (χ0n) is 13.2. The quantitative estimate of drug-likeness (QED) is 0.785. The van der Waals surface area contributed by atoms with Crippen LogP contribution in [-0.4, -0.2) is 13.1 Å². The molecule has 0 aromatic heterocycles. The Bertz CT molecular complexity index is 692. The molecule has 2 aromatic rings. The number of anilines is 1. The Morgan fingerprint density at radius 2 is 1.82 bits per heavy atom. The number of nitrogen functional groups attached to an aromatic ring is 1. The third-order valence-electron chi connectivity index (χ3n) is 5.52. The third kappa shape index (κ3) is 2.22. The zero-order chi connectivity index (χ0) is 15.1. The van der Waals surface area contributed by atoms with Crippen LogP contribution >= 0.6 is 0 Å². The van der Waals surface area contributed by atoms with E-state index in [9.17, 15) is 0 Å². The van der Waals surface area contributed by atoms with E-state index >= 15 is 0 Å². The summed E-state index contributed by atoms with van der Waals surface area (Å²) in [4.78, 5) is 0. The topological polar surface area (TPSA) is 38.0 Å². The minimum Gasteiger partial charge on any atom is -0.399 e. The minimum atomic E-state index is 0.528. The van der Waals surface area contributed by atoms with Crippen LogP contribution in [0.2, 0.25) is 0 Å². The SMILES string of the molecule is C[C@@H]1CNC[C@@H]([C@H]2CCc3ccccc32)c2ccc(N)cc21. The highest BCUT2D eigenvalue weighted by atomic mass is 14.9. The second-order valence-corrected chi connectivity index (χ2v) is 6.90. The molecule has 2 aromatic carbocycles. The van der Waals surface area contributed by atoms with Crippen LogP contribution in [0.5, 0.6) is 0 Å². The van der Waals surface area contributed by atoms with Gasteiger partial charge in [0.1, 0.15) is 0 Å². The fourth-order valence-corrected chi connectivity index (χ4v) is 4.40. The normalized spacial score (nSPS) is 27.0. The average molecular weight is 292 g/mol. The maximum atomic E-state index is 6.05. The molecule has 22 heavy (non-hydrogen) atoms. The van der Waals surface area contributed by atoms with Crippen molar-refractivity contribution in [3.8, 4) is 0 Å². The first-order valence-corrected chi connectivity index (χ1v) is 8.42. The summed E-state index contributed by atoms with van der Waals surface area (Å²) >= 11 is 0. The van der Waals surface area contributed by atoms with Gasteiger partial charge in [-0.1, -0.05) is 37.3 Å². The van der Waals surface area contributed by atoms with Gasteiger partial charge in [0.25, 0.3) is 0 Å². The van der Waals surface area contributed by atoms with Gasteiger partial charge in [0.05, 0.1) is 0 Å². The number of hydrogen-bond donors (Lipinski definition) is 2. The van der Waals surface area contributed by atoms with Crippen molar-refractivity contribution in [3.05, 3.63) is 64.7 Å². The molecule has 2 nitrogen and oxygen atoms in total. The van der Waals surface area contributed by atoms with Crippen LogP contribution in [-0.2, 0) is 6.42 Å². The molecule has 114 valence electrons. The summed E-state index contributed by atoms with van der Waals surface area (Å²) in [6.45, 7) is 4.41. The van der Waals surface area contributed by atoms with Gasteiger partial charge < -0.3 is 11.1 Å². The molecule has 0 saturated heterocycles. The van der Waals surface area contributed by atoms with E-state index in [4.69, 9.17) is 5.73 Å². The summed E-state index contributed by atoms with van der Waals surface area (Å²) in [5.41, 5.74) is 13.0. The number of rotatable bonds is 1. The average Bonchev–Trinajstić information content (AvgIpc) is 2.89. The van der Waals surface area contributed by atoms with Gasteiger partial charge in [-0.15, -0.1) is 0 Å². The van der Waals surface area contributed by atoms with E-state index < -0.39 is 0 Å². The van der Waals surface area contributed by atoms with Crippen LogP contribution in [0.15, 0.2) is 42.5 Å². The fraction of sp³-hybridized carbons (Fsp3) is 0.400. The van der Waals surface area contributed by atoms with Crippen LogP contribution in [0, 0.1) is 0 Å². The van der Waals surface area contributed by atoms with Crippen molar-refractivity contribution < 1.29 is 0 Å². The monoisotopic (exact) mass is 292 g/mol. The summed E-state index contributed by atoms with van der Waals surface area (Å²) in [6, 6.07) is 15.5. The number of benzene rings is 2. The second-order valence-electron chi connectivity index (χ2n) is 6.90. The highest BCUT2D eigenvalue weighted by Crippen LogP contribution is 2.45. The molecular formula is C20H24N2. The summed E-state index contributed by atoms with van der Waals surface area (Å²) in [6.07, 6.45) is 2.49. The van der Waals surface area contributed by atoms with Crippen molar-refractivity contribution >= 4 is 5.69 Å². The first kappa shape index (κ1) is 13.8. The van der Waals surface area contributed by atoms with Gasteiger partial charge in [0.2, 0.25) is 0 Å². The molecule has 3 atom stereocenters. The van der Waals surface area contributed by atoms with Crippen LogP contribution in [0.3, 0.4) is 0 Å². The fourth-order valence-electron chi connectivity index (χ4n) is 4.40. The Kier molecular flexibility index (Phi) is 3.42. The molecule has 0 fully saturated rings. The summed E-state index contributed by atoms with van der Waals surface area (Å²) in [5.74, 6) is 1.72. The molecule has 0 saturated carbocycles. The van der Waals surface area contributed by atoms with Gasteiger partial charge in [-0.3, -0.25) is 0 Å². The standard InChI is InChI=1S/C20H24N2/c1-13-11-22-12-20(18-9-7-15(21)10-19(13)18)17-8-6-14-4-2-3-5-16(14)17/h2-5,7,9-10,13,17,20,22H,6,8,11-12,21H2,1H3/t13-,17+,20+/m1/s1. The molecule has 3 N–H and O–H groups in total.